The molecule has 1 saturated heterocycles. The highest BCUT2D eigenvalue weighted by atomic mass is 35.5. The van der Waals surface area contributed by atoms with Gasteiger partial charge in [-0.3, -0.25) is 14.8 Å². The number of benzene rings is 3. The first-order valence-electron chi connectivity index (χ1n) is 16.2. The van der Waals surface area contributed by atoms with E-state index in [1.54, 1.807) is 18.2 Å². The molecule has 10 nitrogen and oxygen atoms in total. The number of hydrogen-bond acceptors (Lipinski definition) is 7. The average molecular weight is 699 g/mol. The molecule has 0 unspecified atom stereocenters. The number of nitrogens with one attached hydrogen (secondary N) is 3. The van der Waals surface area contributed by atoms with Crippen molar-refractivity contribution in [3.05, 3.63) is 98.8 Å². The van der Waals surface area contributed by atoms with E-state index in [0.29, 0.717) is 84.5 Å². The second kappa shape index (κ2) is 16.0. The van der Waals surface area contributed by atoms with Crippen LogP contribution >= 0.6 is 11.6 Å². The van der Waals surface area contributed by atoms with E-state index in [1.165, 1.54) is 16.8 Å². The van der Waals surface area contributed by atoms with Crippen LogP contribution in [0.3, 0.4) is 0 Å². The summed E-state index contributed by atoms with van der Waals surface area (Å²) in [6.07, 6.45) is -3.64. The lowest BCUT2D eigenvalue weighted by atomic mass is 10.0. The highest BCUT2D eigenvalue weighted by Gasteiger charge is 2.30. The zero-order valence-corrected chi connectivity index (χ0v) is 27.6. The molecule has 3 N–H and O–H groups in total. The van der Waals surface area contributed by atoms with Gasteiger partial charge in [0.2, 0.25) is 5.95 Å². The molecule has 0 aliphatic carbocycles. The molecule has 0 bridgehead atoms. The fraction of sp³-hybridized carbons (Fsp3) is 0.371. The molecule has 2 aromatic heterocycles. The number of aryl methyl sites for hydroxylation is 1. The summed E-state index contributed by atoms with van der Waals surface area (Å²) >= 11 is 6.12. The Hall–Kier alpha value is -4.14. The van der Waals surface area contributed by atoms with Crippen molar-refractivity contribution in [3.8, 4) is 23.0 Å². The first kappa shape index (κ1) is 34.7. The second-order valence-corrected chi connectivity index (χ2v) is 12.1. The van der Waals surface area contributed by atoms with E-state index in [0.717, 1.165) is 50.4 Å². The number of alkyl halides is 3. The highest BCUT2D eigenvalue weighted by Crippen LogP contribution is 2.31. The minimum atomic E-state index is -4.47. The van der Waals surface area contributed by atoms with Gasteiger partial charge in [-0.25, -0.2) is 4.98 Å². The summed E-state index contributed by atoms with van der Waals surface area (Å²) < 4.78 is 58.1. The Balaban J connectivity index is 1.05. The van der Waals surface area contributed by atoms with Crippen molar-refractivity contribution in [2.75, 3.05) is 65.8 Å². The van der Waals surface area contributed by atoms with E-state index >= 15 is 0 Å². The van der Waals surface area contributed by atoms with E-state index < -0.39 is 11.7 Å². The molecule has 1 aliphatic heterocycles. The molecule has 1 fully saturated rings. The summed E-state index contributed by atoms with van der Waals surface area (Å²) in [4.78, 5) is 23.7. The number of ether oxygens (including phenoxy) is 3. The number of fused-ring (bicyclic) bond motifs is 1. The standard InChI is InChI=1S/C35H38ClF3N6O4/c36-27-8-12-30-31(23-27)42-34(41-30)45-33(46)29(32(43-45)25-4-6-26(7-5-25)35(37,38)39)11-3-24-1-9-28(10-2-24)49-22-21-48-20-19-47-18-17-44-15-13-40-14-16-44/h1-2,4-10,12,23,40,43H,3,11,13-22H2,(H,41,42). The summed E-state index contributed by atoms with van der Waals surface area (Å²) in [5.41, 5.74) is 2.37. The van der Waals surface area contributed by atoms with Gasteiger partial charge in [-0.2, -0.15) is 17.9 Å². The Bertz CT molecular complexity index is 1870. The third-order valence-corrected chi connectivity index (χ3v) is 8.58. The van der Waals surface area contributed by atoms with Gasteiger partial charge in [0.25, 0.3) is 5.56 Å². The van der Waals surface area contributed by atoms with Crippen LogP contribution in [0.25, 0.3) is 28.2 Å². The number of imidazole rings is 1. The number of aromatic amines is 2. The van der Waals surface area contributed by atoms with Gasteiger partial charge >= 0.3 is 6.18 Å². The Labute approximate surface area is 286 Å². The topological polar surface area (TPSA) is 109 Å². The minimum Gasteiger partial charge on any atom is -0.491 e. The second-order valence-electron chi connectivity index (χ2n) is 11.7. The fourth-order valence-electron chi connectivity index (χ4n) is 5.68. The van der Waals surface area contributed by atoms with Crippen molar-refractivity contribution >= 4 is 22.6 Å². The van der Waals surface area contributed by atoms with Crippen molar-refractivity contribution in [2.24, 2.45) is 0 Å². The quantitative estimate of drug-likeness (QED) is 0.124. The van der Waals surface area contributed by atoms with Gasteiger partial charge in [0.05, 0.1) is 48.7 Å². The number of piperazine rings is 1. The lowest BCUT2D eigenvalue weighted by molar-refractivity contribution is -0.137. The van der Waals surface area contributed by atoms with Crippen LogP contribution < -0.4 is 15.6 Å². The summed E-state index contributed by atoms with van der Waals surface area (Å²) in [5.74, 6) is 0.935. The molecule has 0 atom stereocenters. The van der Waals surface area contributed by atoms with Crippen molar-refractivity contribution in [1.82, 2.24) is 30.0 Å². The number of nitrogens with zero attached hydrogens (tertiary/aromatic N) is 3. The number of halogens is 4. The van der Waals surface area contributed by atoms with Crippen molar-refractivity contribution < 1.29 is 27.4 Å². The van der Waals surface area contributed by atoms with Crippen LogP contribution in [0.15, 0.2) is 71.5 Å². The Kier molecular flexibility index (Phi) is 11.4. The van der Waals surface area contributed by atoms with Crippen LogP contribution in [-0.4, -0.2) is 90.4 Å². The summed E-state index contributed by atoms with van der Waals surface area (Å²) in [7, 11) is 0. The first-order valence-corrected chi connectivity index (χ1v) is 16.6. The molecule has 0 radical (unpaired) electrons. The smallest absolute Gasteiger partial charge is 0.416 e. The average Bonchev–Trinajstić information content (AvgIpc) is 3.67. The minimum absolute atomic E-state index is 0.241. The molecule has 260 valence electrons. The van der Waals surface area contributed by atoms with Gasteiger partial charge in [0.1, 0.15) is 12.4 Å². The van der Waals surface area contributed by atoms with Crippen molar-refractivity contribution in [1.29, 1.82) is 0 Å². The van der Waals surface area contributed by atoms with Gasteiger partial charge in [0, 0.05) is 43.3 Å². The lowest BCUT2D eigenvalue weighted by Crippen LogP contribution is -2.44. The number of H-pyrrole nitrogens is 2. The van der Waals surface area contributed by atoms with E-state index in [9.17, 15) is 18.0 Å². The van der Waals surface area contributed by atoms with Gasteiger partial charge < -0.3 is 24.5 Å². The fourth-order valence-corrected chi connectivity index (χ4v) is 5.85. The van der Waals surface area contributed by atoms with Gasteiger partial charge in [-0.05, 0) is 66.4 Å². The van der Waals surface area contributed by atoms with Crippen LogP contribution in [0.4, 0.5) is 13.2 Å². The molecular formula is C35H38ClF3N6O4. The molecule has 49 heavy (non-hydrogen) atoms. The van der Waals surface area contributed by atoms with E-state index in [2.05, 4.69) is 25.3 Å². The van der Waals surface area contributed by atoms with E-state index in [-0.39, 0.29) is 11.5 Å². The van der Waals surface area contributed by atoms with Crippen LogP contribution in [0.1, 0.15) is 16.7 Å². The SMILES string of the molecule is O=c1c(CCc2ccc(OCCOCCOCCN3CCNCC3)cc2)c(-c2ccc(C(F)(F)F)cc2)[nH]n1-c1nc2ccc(Cl)cc2[nH]1. The summed E-state index contributed by atoms with van der Waals surface area (Å²) in [6, 6.07) is 17.4. The van der Waals surface area contributed by atoms with Crippen LogP contribution in [0.2, 0.25) is 5.02 Å². The molecule has 0 amide bonds. The van der Waals surface area contributed by atoms with Gasteiger partial charge in [-0.15, -0.1) is 0 Å². The lowest BCUT2D eigenvalue weighted by Gasteiger charge is -2.26. The molecule has 6 rings (SSSR count). The van der Waals surface area contributed by atoms with Gasteiger partial charge in [-0.1, -0.05) is 35.9 Å². The van der Waals surface area contributed by atoms with Crippen LogP contribution in [0.5, 0.6) is 5.75 Å². The third-order valence-electron chi connectivity index (χ3n) is 8.35. The van der Waals surface area contributed by atoms with Gasteiger partial charge in [0.15, 0.2) is 0 Å². The highest BCUT2D eigenvalue weighted by molar-refractivity contribution is 6.31. The zero-order valence-electron chi connectivity index (χ0n) is 26.8. The maximum atomic E-state index is 13.7. The number of aromatic nitrogens is 4. The largest absolute Gasteiger partial charge is 0.491 e. The van der Waals surface area contributed by atoms with Crippen molar-refractivity contribution in [2.45, 2.75) is 19.0 Å². The first-order chi connectivity index (χ1) is 23.7. The molecule has 3 heterocycles. The molecular weight excluding hydrogens is 661 g/mol. The molecule has 0 saturated carbocycles. The van der Waals surface area contributed by atoms with Crippen LogP contribution in [0, 0.1) is 0 Å². The zero-order chi connectivity index (χ0) is 34.2. The predicted octanol–water partition coefficient (Wildman–Crippen LogP) is 5.48. The molecule has 0 spiro atoms. The number of hydrogen-bond donors (Lipinski definition) is 3. The maximum Gasteiger partial charge on any atom is 0.416 e. The van der Waals surface area contributed by atoms with E-state index in [1.807, 2.05) is 24.3 Å². The molecule has 1 aliphatic rings. The van der Waals surface area contributed by atoms with Crippen molar-refractivity contribution in [3.63, 3.8) is 0 Å². The molecule has 14 heteroatoms. The third kappa shape index (κ3) is 9.11. The van der Waals surface area contributed by atoms with Crippen LogP contribution in [-0.2, 0) is 28.5 Å². The summed E-state index contributed by atoms with van der Waals surface area (Å²) in [5, 5.41) is 6.92. The normalized spacial score (nSPS) is 14.1. The Morgan fingerprint density at radius 2 is 1.57 bits per heavy atom. The molecule has 3 aromatic carbocycles. The molecule has 5 aromatic rings. The predicted molar refractivity (Wildman–Crippen MR) is 182 cm³/mol. The Morgan fingerprint density at radius 1 is 0.857 bits per heavy atom. The monoisotopic (exact) mass is 698 g/mol. The number of rotatable bonds is 15. The van der Waals surface area contributed by atoms with E-state index in [4.69, 9.17) is 25.8 Å². The summed E-state index contributed by atoms with van der Waals surface area (Å²) in [6.45, 7) is 7.67. The Morgan fingerprint density at radius 3 is 2.31 bits per heavy atom. The maximum absolute atomic E-state index is 13.7.